The van der Waals surface area contributed by atoms with E-state index in [-0.39, 0.29) is 0 Å². The molecule has 2 heteroatoms. The molecule has 0 spiro atoms. The van der Waals surface area contributed by atoms with E-state index in [1.54, 1.807) is 6.08 Å². The van der Waals surface area contributed by atoms with Gasteiger partial charge in [0.1, 0.15) is 12.4 Å². The first-order chi connectivity index (χ1) is 6.86. The molecule has 0 aliphatic rings. The number of likely N-dealkylation sites (N-methyl/N-ethyl adjacent to an activating group) is 1. The van der Waals surface area contributed by atoms with Crippen LogP contribution in [-0.2, 0) is 6.42 Å². The van der Waals surface area contributed by atoms with E-state index in [0.29, 0.717) is 6.61 Å². The number of hydrogen-bond donors (Lipinski definition) is 1. The molecule has 0 amide bonds. The largest absolute Gasteiger partial charge is 0.490 e. The van der Waals surface area contributed by atoms with Gasteiger partial charge in [0.25, 0.3) is 0 Å². The molecule has 1 aromatic carbocycles. The topological polar surface area (TPSA) is 21.3 Å². The molecule has 0 saturated carbocycles. The molecule has 0 radical (unpaired) electrons. The Balaban J connectivity index is 2.54. The Morgan fingerprint density at radius 3 is 3.07 bits per heavy atom. The van der Waals surface area contributed by atoms with Crippen LogP contribution in [0, 0.1) is 0 Å². The van der Waals surface area contributed by atoms with Gasteiger partial charge in [-0.15, -0.1) is 0 Å². The second-order valence-corrected chi connectivity index (χ2v) is 3.10. The Bertz CT molecular complexity index is 283. The first kappa shape index (κ1) is 10.8. The van der Waals surface area contributed by atoms with Crippen LogP contribution in [0.4, 0.5) is 0 Å². The maximum absolute atomic E-state index is 5.44. The first-order valence-electron chi connectivity index (χ1n) is 4.84. The summed E-state index contributed by atoms with van der Waals surface area (Å²) in [7, 11) is 1.96. The van der Waals surface area contributed by atoms with Crippen LogP contribution in [0.2, 0.25) is 0 Å². The van der Waals surface area contributed by atoms with Gasteiger partial charge in [-0.2, -0.15) is 0 Å². The zero-order valence-electron chi connectivity index (χ0n) is 8.62. The zero-order valence-corrected chi connectivity index (χ0v) is 8.62. The lowest BCUT2D eigenvalue weighted by Gasteiger charge is -2.05. The van der Waals surface area contributed by atoms with E-state index in [0.717, 1.165) is 18.7 Å². The molecule has 1 aromatic rings. The Kier molecular flexibility index (Phi) is 4.79. The quantitative estimate of drug-likeness (QED) is 0.694. The standard InChI is InChI=1S/C12H17NO/c1-3-9-14-12-6-4-5-11(10-12)7-8-13-2/h3-6,10,13H,1,7-9H2,2H3. The smallest absolute Gasteiger partial charge is 0.120 e. The van der Waals surface area contributed by atoms with Crippen molar-refractivity contribution in [3.8, 4) is 5.75 Å². The maximum atomic E-state index is 5.44. The molecule has 0 bridgehead atoms. The number of hydrogen-bond acceptors (Lipinski definition) is 2. The summed E-state index contributed by atoms with van der Waals surface area (Å²) in [6.45, 7) is 5.17. The van der Waals surface area contributed by atoms with Crippen LogP contribution in [0.5, 0.6) is 5.75 Å². The number of ether oxygens (including phenoxy) is 1. The Morgan fingerprint density at radius 2 is 2.36 bits per heavy atom. The van der Waals surface area contributed by atoms with E-state index in [2.05, 4.69) is 24.0 Å². The summed E-state index contributed by atoms with van der Waals surface area (Å²) in [6.07, 6.45) is 2.78. The van der Waals surface area contributed by atoms with Gasteiger partial charge >= 0.3 is 0 Å². The molecule has 0 fully saturated rings. The second-order valence-electron chi connectivity index (χ2n) is 3.10. The number of rotatable bonds is 6. The molecule has 0 aliphatic heterocycles. The first-order valence-corrected chi connectivity index (χ1v) is 4.84. The fourth-order valence-electron chi connectivity index (χ4n) is 1.22. The molecule has 0 heterocycles. The van der Waals surface area contributed by atoms with Crippen LogP contribution in [-0.4, -0.2) is 20.2 Å². The molecule has 0 aliphatic carbocycles. The number of benzene rings is 1. The minimum absolute atomic E-state index is 0.565. The third-order valence-electron chi connectivity index (χ3n) is 1.93. The molecule has 0 unspecified atom stereocenters. The van der Waals surface area contributed by atoms with E-state index in [1.165, 1.54) is 5.56 Å². The third kappa shape index (κ3) is 3.62. The lowest BCUT2D eigenvalue weighted by Crippen LogP contribution is -2.10. The van der Waals surface area contributed by atoms with Gasteiger partial charge < -0.3 is 10.1 Å². The van der Waals surface area contributed by atoms with Crippen molar-refractivity contribution in [2.45, 2.75) is 6.42 Å². The Hall–Kier alpha value is -1.28. The van der Waals surface area contributed by atoms with Crippen molar-refractivity contribution in [2.24, 2.45) is 0 Å². The molecule has 0 atom stereocenters. The average Bonchev–Trinajstić information content (AvgIpc) is 2.24. The van der Waals surface area contributed by atoms with Crippen LogP contribution >= 0.6 is 0 Å². The summed E-state index contributed by atoms with van der Waals surface area (Å²) in [6, 6.07) is 8.16. The predicted octanol–water partition coefficient (Wildman–Crippen LogP) is 2.01. The van der Waals surface area contributed by atoms with Crippen molar-refractivity contribution in [2.75, 3.05) is 20.2 Å². The van der Waals surface area contributed by atoms with E-state index >= 15 is 0 Å². The van der Waals surface area contributed by atoms with Crippen LogP contribution in [0.3, 0.4) is 0 Å². The van der Waals surface area contributed by atoms with Crippen molar-refractivity contribution < 1.29 is 4.74 Å². The van der Waals surface area contributed by atoms with E-state index < -0.39 is 0 Å². The van der Waals surface area contributed by atoms with Gasteiger partial charge in [-0.05, 0) is 37.7 Å². The molecule has 0 aromatic heterocycles. The highest BCUT2D eigenvalue weighted by atomic mass is 16.5. The fourth-order valence-corrected chi connectivity index (χ4v) is 1.22. The fraction of sp³-hybridized carbons (Fsp3) is 0.333. The van der Waals surface area contributed by atoms with Crippen LogP contribution in [0.15, 0.2) is 36.9 Å². The van der Waals surface area contributed by atoms with E-state index in [9.17, 15) is 0 Å². The van der Waals surface area contributed by atoms with Crippen molar-refractivity contribution in [3.63, 3.8) is 0 Å². The zero-order chi connectivity index (χ0) is 10.2. The third-order valence-corrected chi connectivity index (χ3v) is 1.93. The van der Waals surface area contributed by atoms with Gasteiger partial charge in [-0.1, -0.05) is 24.8 Å². The second kappa shape index (κ2) is 6.22. The van der Waals surface area contributed by atoms with Gasteiger partial charge in [0.2, 0.25) is 0 Å². The monoisotopic (exact) mass is 191 g/mol. The van der Waals surface area contributed by atoms with Crippen molar-refractivity contribution in [3.05, 3.63) is 42.5 Å². The van der Waals surface area contributed by atoms with E-state index in [1.807, 2.05) is 19.2 Å². The molecule has 0 saturated heterocycles. The predicted molar refractivity (Wildman–Crippen MR) is 59.8 cm³/mol. The average molecular weight is 191 g/mol. The number of nitrogens with one attached hydrogen (secondary N) is 1. The highest BCUT2D eigenvalue weighted by molar-refractivity contribution is 5.28. The highest BCUT2D eigenvalue weighted by Gasteiger charge is 1.95. The molecule has 1 N–H and O–H groups in total. The van der Waals surface area contributed by atoms with Gasteiger partial charge in [0.15, 0.2) is 0 Å². The molecule has 76 valence electrons. The maximum Gasteiger partial charge on any atom is 0.120 e. The molecular weight excluding hydrogens is 174 g/mol. The minimum Gasteiger partial charge on any atom is -0.490 e. The highest BCUT2D eigenvalue weighted by Crippen LogP contribution is 2.13. The summed E-state index contributed by atoms with van der Waals surface area (Å²) in [4.78, 5) is 0. The van der Waals surface area contributed by atoms with Crippen molar-refractivity contribution in [1.29, 1.82) is 0 Å². The van der Waals surface area contributed by atoms with Gasteiger partial charge in [-0.25, -0.2) is 0 Å². The summed E-state index contributed by atoms with van der Waals surface area (Å²) in [5.41, 5.74) is 1.29. The lowest BCUT2D eigenvalue weighted by atomic mass is 10.1. The molecular formula is C12H17NO. The van der Waals surface area contributed by atoms with Gasteiger partial charge in [0.05, 0.1) is 0 Å². The van der Waals surface area contributed by atoms with Crippen molar-refractivity contribution in [1.82, 2.24) is 5.32 Å². The molecule has 1 rings (SSSR count). The van der Waals surface area contributed by atoms with Crippen LogP contribution in [0.25, 0.3) is 0 Å². The Labute approximate surface area is 85.6 Å². The summed E-state index contributed by atoms with van der Waals surface area (Å²) in [5.74, 6) is 0.915. The summed E-state index contributed by atoms with van der Waals surface area (Å²) >= 11 is 0. The van der Waals surface area contributed by atoms with Crippen LogP contribution in [0.1, 0.15) is 5.56 Å². The van der Waals surface area contributed by atoms with Crippen molar-refractivity contribution >= 4 is 0 Å². The normalized spacial score (nSPS) is 9.79. The molecule has 2 nitrogen and oxygen atoms in total. The van der Waals surface area contributed by atoms with Crippen LogP contribution < -0.4 is 10.1 Å². The summed E-state index contributed by atoms with van der Waals surface area (Å²) in [5, 5.41) is 3.12. The summed E-state index contributed by atoms with van der Waals surface area (Å²) < 4.78 is 5.44. The SMILES string of the molecule is C=CCOc1cccc(CCNC)c1. The van der Waals surface area contributed by atoms with E-state index in [4.69, 9.17) is 4.74 Å². The van der Waals surface area contributed by atoms with Gasteiger partial charge in [-0.3, -0.25) is 0 Å². The lowest BCUT2D eigenvalue weighted by molar-refractivity contribution is 0.363. The Morgan fingerprint density at radius 1 is 1.50 bits per heavy atom. The minimum atomic E-state index is 0.565. The van der Waals surface area contributed by atoms with Gasteiger partial charge in [0, 0.05) is 0 Å². The molecule has 14 heavy (non-hydrogen) atoms.